The molecule has 0 aliphatic heterocycles. The van der Waals surface area contributed by atoms with Gasteiger partial charge in [0.1, 0.15) is 0 Å². The van der Waals surface area contributed by atoms with Crippen LogP contribution in [0.3, 0.4) is 0 Å². The zero-order chi connectivity index (χ0) is 17.1. The minimum Gasteiger partial charge on any atom is -0.267 e. The number of rotatable bonds is 1. The normalized spacial score (nSPS) is 10.1. The van der Waals surface area contributed by atoms with Crippen LogP contribution in [-0.4, -0.2) is 15.7 Å². The van der Waals surface area contributed by atoms with Crippen LogP contribution in [0.1, 0.15) is 38.2 Å². The van der Waals surface area contributed by atoms with Crippen LogP contribution in [0.15, 0.2) is 54.9 Å². The zero-order valence-electron chi connectivity index (χ0n) is 14.0. The maximum Gasteiger partial charge on any atom is 0.278 e. The Hall–Kier alpha value is -3.12. The van der Waals surface area contributed by atoms with Crippen LogP contribution >= 0.6 is 0 Å². The van der Waals surface area contributed by atoms with Crippen molar-refractivity contribution < 1.29 is 4.79 Å². The second-order valence-electron chi connectivity index (χ2n) is 5.87. The van der Waals surface area contributed by atoms with Crippen LogP contribution in [0, 0.1) is 32.6 Å². The average molecular weight is 314 g/mol. The molecule has 0 saturated carbocycles. The van der Waals surface area contributed by atoms with E-state index >= 15 is 0 Å². The molecule has 0 amide bonds. The van der Waals surface area contributed by atoms with E-state index in [1.165, 1.54) is 4.68 Å². The fourth-order valence-electron chi connectivity index (χ4n) is 2.80. The number of carbonyl (C=O) groups is 1. The van der Waals surface area contributed by atoms with E-state index in [4.69, 9.17) is 0 Å². The second kappa shape index (κ2) is 6.55. The minimum atomic E-state index is -0.127. The third kappa shape index (κ3) is 3.28. The molecule has 0 spiro atoms. The van der Waals surface area contributed by atoms with Crippen LogP contribution in [0.2, 0.25) is 0 Å². The molecule has 1 aromatic heterocycles. The predicted octanol–water partition coefficient (Wildman–Crippen LogP) is 3.90. The fourth-order valence-corrected chi connectivity index (χ4v) is 2.80. The molecule has 2 aromatic carbocycles. The van der Waals surface area contributed by atoms with Crippen molar-refractivity contribution in [3.8, 4) is 11.8 Å². The average Bonchev–Trinajstić information content (AvgIpc) is 3.02. The van der Waals surface area contributed by atoms with Gasteiger partial charge < -0.3 is 0 Å². The highest BCUT2D eigenvalue weighted by atomic mass is 16.2. The van der Waals surface area contributed by atoms with E-state index in [2.05, 4.69) is 16.9 Å². The first-order valence-electron chi connectivity index (χ1n) is 7.79. The third-order valence-corrected chi connectivity index (χ3v) is 3.81. The summed E-state index contributed by atoms with van der Waals surface area (Å²) in [4.78, 5) is 12.7. The van der Waals surface area contributed by atoms with Gasteiger partial charge in [0.2, 0.25) is 0 Å². The molecule has 3 heteroatoms. The summed E-state index contributed by atoms with van der Waals surface area (Å²) < 4.78 is 1.36. The van der Waals surface area contributed by atoms with Gasteiger partial charge in [-0.3, -0.25) is 4.79 Å². The number of benzene rings is 2. The number of aryl methyl sites for hydroxylation is 3. The van der Waals surface area contributed by atoms with Crippen molar-refractivity contribution in [2.75, 3.05) is 0 Å². The Morgan fingerprint density at radius 2 is 1.58 bits per heavy atom. The van der Waals surface area contributed by atoms with Crippen LogP contribution < -0.4 is 0 Å². The molecular formula is C21H18N2O. The number of carbonyl (C=O) groups excluding carboxylic acids is 1. The number of nitrogens with zero attached hydrogens (tertiary/aromatic N) is 2. The van der Waals surface area contributed by atoms with E-state index in [9.17, 15) is 4.79 Å². The first kappa shape index (κ1) is 15.8. The Balaban J connectivity index is 1.89. The second-order valence-corrected chi connectivity index (χ2v) is 5.87. The summed E-state index contributed by atoms with van der Waals surface area (Å²) in [6.45, 7) is 5.93. The van der Waals surface area contributed by atoms with E-state index in [0.717, 1.165) is 27.8 Å². The lowest BCUT2D eigenvalue weighted by atomic mass is 9.99. The Morgan fingerprint density at radius 3 is 2.25 bits per heavy atom. The summed E-state index contributed by atoms with van der Waals surface area (Å²) in [5, 5.41) is 4.17. The largest absolute Gasteiger partial charge is 0.278 e. The van der Waals surface area contributed by atoms with Crippen molar-refractivity contribution in [1.82, 2.24) is 9.78 Å². The minimum absolute atomic E-state index is 0.127. The first-order valence-corrected chi connectivity index (χ1v) is 7.79. The van der Waals surface area contributed by atoms with Crippen molar-refractivity contribution >= 4 is 5.91 Å². The van der Waals surface area contributed by atoms with Gasteiger partial charge in [0.15, 0.2) is 0 Å². The molecule has 0 unspecified atom stereocenters. The topological polar surface area (TPSA) is 34.9 Å². The number of aromatic nitrogens is 2. The van der Waals surface area contributed by atoms with Crippen LogP contribution in [0.5, 0.6) is 0 Å². The van der Waals surface area contributed by atoms with Crippen molar-refractivity contribution in [1.29, 1.82) is 0 Å². The predicted molar refractivity (Wildman–Crippen MR) is 95.0 cm³/mol. The highest BCUT2D eigenvalue weighted by Crippen LogP contribution is 2.17. The molecule has 0 fully saturated rings. The third-order valence-electron chi connectivity index (χ3n) is 3.81. The molecule has 0 bridgehead atoms. The molecule has 0 atom stereocenters. The molecule has 0 saturated heterocycles. The van der Waals surface area contributed by atoms with E-state index < -0.39 is 0 Å². The van der Waals surface area contributed by atoms with Gasteiger partial charge in [-0.1, -0.05) is 47.7 Å². The Bertz CT molecular complexity index is 933. The van der Waals surface area contributed by atoms with Gasteiger partial charge in [-0.2, -0.15) is 5.10 Å². The lowest BCUT2D eigenvalue weighted by molar-refractivity contribution is 0.0944. The summed E-state index contributed by atoms with van der Waals surface area (Å²) in [5.74, 6) is 5.98. The standard InChI is InChI=1S/C21H18N2O/c1-15-11-16(2)20(17(3)12-15)21(24)23-14-19(13-22-23)10-9-18-7-5-4-6-8-18/h4-8,11-14H,1-3H3. The van der Waals surface area contributed by atoms with Gasteiger partial charge in [-0.15, -0.1) is 0 Å². The van der Waals surface area contributed by atoms with Gasteiger partial charge in [-0.05, 0) is 44.0 Å². The highest BCUT2D eigenvalue weighted by Gasteiger charge is 2.15. The lowest BCUT2D eigenvalue weighted by Crippen LogP contribution is -2.15. The monoisotopic (exact) mass is 314 g/mol. The summed E-state index contributed by atoms with van der Waals surface area (Å²) >= 11 is 0. The molecular weight excluding hydrogens is 296 g/mol. The fraction of sp³-hybridized carbons (Fsp3) is 0.143. The molecule has 0 aliphatic rings. The molecule has 1 heterocycles. The van der Waals surface area contributed by atoms with Gasteiger partial charge in [0.25, 0.3) is 5.91 Å². The van der Waals surface area contributed by atoms with E-state index in [1.54, 1.807) is 12.4 Å². The summed E-state index contributed by atoms with van der Waals surface area (Å²) in [6, 6.07) is 13.8. The SMILES string of the molecule is Cc1cc(C)c(C(=O)n2cc(C#Cc3ccccc3)cn2)c(C)c1. The summed E-state index contributed by atoms with van der Waals surface area (Å²) in [5.41, 5.74) is 5.42. The smallest absolute Gasteiger partial charge is 0.267 e. The maximum absolute atomic E-state index is 12.7. The summed E-state index contributed by atoms with van der Waals surface area (Å²) in [6.07, 6.45) is 3.30. The van der Waals surface area contributed by atoms with E-state index in [-0.39, 0.29) is 5.91 Å². The van der Waals surface area contributed by atoms with Crippen molar-refractivity contribution in [2.24, 2.45) is 0 Å². The number of hydrogen-bond acceptors (Lipinski definition) is 2. The Morgan fingerprint density at radius 1 is 0.958 bits per heavy atom. The molecule has 3 nitrogen and oxygen atoms in total. The molecule has 0 aliphatic carbocycles. The quantitative estimate of drug-likeness (QED) is 0.639. The first-order chi connectivity index (χ1) is 11.5. The molecule has 0 N–H and O–H groups in total. The maximum atomic E-state index is 12.7. The van der Waals surface area contributed by atoms with E-state index in [1.807, 2.05) is 63.2 Å². The molecule has 3 rings (SSSR count). The lowest BCUT2D eigenvalue weighted by Gasteiger charge is -2.09. The Labute approximate surface area is 142 Å². The Kier molecular flexibility index (Phi) is 4.31. The van der Waals surface area contributed by atoms with Crippen molar-refractivity contribution in [3.63, 3.8) is 0 Å². The van der Waals surface area contributed by atoms with Crippen molar-refractivity contribution in [3.05, 3.63) is 88.2 Å². The summed E-state index contributed by atoms with van der Waals surface area (Å²) in [7, 11) is 0. The zero-order valence-corrected chi connectivity index (χ0v) is 14.0. The van der Waals surface area contributed by atoms with Crippen molar-refractivity contribution in [2.45, 2.75) is 20.8 Å². The number of hydrogen-bond donors (Lipinski definition) is 0. The van der Waals surface area contributed by atoms with Gasteiger partial charge in [0.05, 0.1) is 11.8 Å². The van der Waals surface area contributed by atoms with E-state index in [0.29, 0.717) is 5.56 Å². The van der Waals surface area contributed by atoms with Crippen LogP contribution in [0.25, 0.3) is 0 Å². The van der Waals surface area contributed by atoms with Gasteiger partial charge in [0, 0.05) is 17.3 Å². The van der Waals surface area contributed by atoms with Gasteiger partial charge in [-0.25, -0.2) is 4.68 Å². The molecule has 118 valence electrons. The van der Waals surface area contributed by atoms with Gasteiger partial charge >= 0.3 is 0 Å². The molecule has 0 radical (unpaired) electrons. The highest BCUT2D eigenvalue weighted by molar-refractivity contribution is 5.98. The van der Waals surface area contributed by atoms with Crippen LogP contribution in [-0.2, 0) is 0 Å². The van der Waals surface area contributed by atoms with Crippen LogP contribution in [0.4, 0.5) is 0 Å². The molecule has 3 aromatic rings. The molecule has 24 heavy (non-hydrogen) atoms.